The first-order valence-corrected chi connectivity index (χ1v) is 5.15. The topological polar surface area (TPSA) is 103 Å². The van der Waals surface area contributed by atoms with Gasteiger partial charge in [-0.25, -0.2) is 0 Å². The first-order chi connectivity index (χ1) is 7.15. The average molecular weight is 208 g/mol. The second-order valence-electron chi connectivity index (χ2n) is 3.99. The van der Waals surface area contributed by atoms with Crippen molar-refractivity contribution in [3.8, 4) is 0 Å². The molecule has 0 aromatic carbocycles. The summed E-state index contributed by atoms with van der Waals surface area (Å²) in [5, 5.41) is 3.39. The highest BCUT2D eigenvalue weighted by atomic mass is 15.1. The molecule has 1 fully saturated rings. The van der Waals surface area contributed by atoms with Crippen LogP contribution in [-0.4, -0.2) is 27.5 Å². The maximum atomic E-state index is 5.53. The van der Waals surface area contributed by atoms with E-state index in [-0.39, 0.29) is 11.9 Å². The molecular weight excluding hydrogens is 192 g/mol. The molecule has 0 bridgehead atoms. The van der Waals surface area contributed by atoms with E-state index in [4.69, 9.17) is 11.5 Å². The molecule has 2 unspecified atom stereocenters. The van der Waals surface area contributed by atoms with E-state index in [0.29, 0.717) is 17.8 Å². The van der Waals surface area contributed by atoms with E-state index < -0.39 is 0 Å². The summed E-state index contributed by atoms with van der Waals surface area (Å²) in [6.07, 6.45) is 2.19. The molecule has 15 heavy (non-hydrogen) atoms. The summed E-state index contributed by atoms with van der Waals surface area (Å²) in [6.45, 7) is 3.05. The van der Waals surface area contributed by atoms with Crippen molar-refractivity contribution in [3.05, 3.63) is 5.82 Å². The fourth-order valence-corrected chi connectivity index (χ4v) is 1.83. The van der Waals surface area contributed by atoms with Crippen LogP contribution >= 0.6 is 0 Å². The molecule has 2 atom stereocenters. The molecule has 6 nitrogen and oxygen atoms in total. The highest BCUT2D eigenvalue weighted by Crippen LogP contribution is 2.22. The van der Waals surface area contributed by atoms with Gasteiger partial charge >= 0.3 is 0 Å². The summed E-state index contributed by atoms with van der Waals surface area (Å²) in [4.78, 5) is 12.0. The quantitative estimate of drug-likeness (QED) is 0.595. The lowest BCUT2D eigenvalue weighted by Gasteiger charge is -2.26. The zero-order chi connectivity index (χ0) is 10.8. The van der Waals surface area contributed by atoms with Gasteiger partial charge in [-0.2, -0.15) is 15.0 Å². The summed E-state index contributed by atoms with van der Waals surface area (Å²) in [5.74, 6) is 1.42. The number of aromatic nitrogens is 3. The van der Waals surface area contributed by atoms with Crippen LogP contribution in [0.5, 0.6) is 0 Å². The number of nitrogen functional groups attached to an aromatic ring is 2. The second kappa shape index (κ2) is 3.98. The summed E-state index contributed by atoms with van der Waals surface area (Å²) in [5.41, 5.74) is 11.1. The number of hydrogen-bond acceptors (Lipinski definition) is 6. The highest BCUT2D eigenvalue weighted by molar-refractivity contribution is 5.27. The minimum atomic E-state index is 0.205. The number of nitrogens with two attached hydrogens (primary N) is 2. The van der Waals surface area contributed by atoms with E-state index in [1.807, 2.05) is 0 Å². The highest BCUT2D eigenvalue weighted by Gasteiger charge is 2.22. The largest absolute Gasteiger partial charge is 0.368 e. The van der Waals surface area contributed by atoms with Gasteiger partial charge in [-0.1, -0.05) is 0 Å². The van der Waals surface area contributed by atoms with Crippen LogP contribution in [0.2, 0.25) is 0 Å². The molecule has 0 saturated carbocycles. The zero-order valence-corrected chi connectivity index (χ0v) is 8.77. The Morgan fingerprint density at radius 1 is 1.13 bits per heavy atom. The lowest BCUT2D eigenvalue weighted by molar-refractivity contribution is 0.375. The summed E-state index contributed by atoms with van der Waals surface area (Å²) in [7, 11) is 0. The van der Waals surface area contributed by atoms with Crippen LogP contribution in [-0.2, 0) is 0 Å². The number of nitrogens with one attached hydrogen (secondary N) is 1. The minimum absolute atomic E-state index is 0.205. The summed E-state index contributed by atoms with van der Waals surface area (Å²) >= 11 is 0. The Labute approximate surface area is 88.5 Å². The number of nitrogens with zero attached hydrogens (tertiary/aromatic N) is 3. The van der Waals surface area contributed by atoms with Gasteiger partial charge in [-0.3, -0.25) is 0 Å². The molecule has 82 valence electrons. The summed E-state index contributed by atoms with van der Waals surface area (Å²) < 4.78 is 0. The molecule has 1 aliphatic heterocycles. The fourth-order valence-electron chi connectivity index (χ4n) is 1.83. The van der Waals surface area contributed by atoms with Crippen LogP contribution in [0, 0.1) is 0 Å². The molecule has 0 aliphatic carbocycles. The lowest BCUT2D eigenvalue weighted by Crippen LogP contribution is -2.36. The Hall–Kier alpha value is -1.43. The Morgan fingerprint density at radius 2 is 1.80 bits per heavy atom. The van der Waals surface area contributed by atoms with E-state index in [1.54, 1.807) is 0 Å². The molecule has 1 aromatic rings. The number of rotatable bonds is 1. The first kappa shape index (κ1) is 10.1. The molecule has 2 rings (SSSR count). The van der Waals surface area contributed by atoms with Gasteiger partial charge in [-0.05, 0) is 19.8 Å². The molecule has 1 saturated heterocycles. The SMILES string of the molecule is CC1CCC(c2nc(N)nc(N)n2)CN1. The molecule has 1 aliphatic rings. The third-order valence-corrected chi connectivity index (χ3v) is 2.71. The Balaban J connectivity index is 2.15. The molecular formula is C9H16N6. The van der Waals surface area contributed by atoms with Crippen LogP contribution in [0.25, 0.3) is 0 Å². The Morgan fingerprint density at radius 3 is 2.33 bits per heavy atom. The van der Waals surface area contributed by atoms with Gasteiger partial charge in [-0.15, -0.1) is 0 Å². The molecule has 6 heteroatoms. The van der Waals surface area contributed by atoms with Crippen LogP contribution in [0.15, 0.2) is 0 Å². The van der Waals surface area contributed by atoms with Crippen molar-refractivity contribution in [2.24, 2.45) is 0 Å². The lowest BCUT2D eigenvalue weighted by atomic mass is 9.95. The van der Waals surface area contributed by atoms with Gasteiger partial charge in [0, 0.05) is 18.5 Å². The van der Waals surface area contributed by atoms with Crippen molar-refractivity contribution in [1.29, 1.82) is 0 Å². The molecule has 1 aromatic heterocycles. The van der Waals surface area contributed by atoms with Crippen LogP contribution in [0.4, 0.5) is 11.9 Å². The number of piperidine rings is 1. The maximum absolute atomic E-state index is 5.53. The van der Waals surface area contributed by atoms with E-state index in [2.05, 4.69) is 27.2 Å². The van der Waals surface area contributed by atoms with Crippen molar-refractivity contribution >= 4 is 11.9 Å². The van der Waals surface area contributed by atoms with Crippen LogP contribution in [0.1, 0.15) is 31.5 Å². The van der Waals surface area contributed by atoms with Crippen LogP contribution in [0.3, 0.4) is 0 Å². The van der Waals surface area contributed by atoms with Gasteiger partial charge in [0.25, 0.3) is 0 Å². The Kier molecular flexibility index (Phi) is 2.68. The predicted octanol–water partition coefficient (Wildman–Crippen LogP) is -0.108. The minimum Gasteiger partial charge on any atom is -0.368 e. The monoisotopic (exact) mass is 208 g/mol. The normalized spacial score (nSPS) is 26.5. The van der Waals surface area contributed by atoms with Crippen LogP contribution < -0.4 is 16.8 Å². The number of anilines is 2. The molecule has 0 amide bonds. The number of hydrogen-bond donors (Lipinski definition) is 3. The standard InChI is InChI=1S/C9H16N6/c1-5-2-3-6(4-12-5)7-13-8(10)15-9(11)14-7/h5-6,12H,2-4H2,1H3,(H4,10,11,13,14,15). The Bertz CT molecular complexity index is 324. The van der Waals surface area contributed by atoms with E-state index in [1.165, 1.54) is 0 Å². The molecule has 0 spiro atoms. The van der Waals surface area contributed by atoms with Gasteiger partial charge in [0.1, 0.15) is 5.82 Å². The third kappa shape index (κ3) is 2.33. The zero-order valence-electron chi connectivity index (χ0n) is 8.77. The summed E-state index contributed by atoms with van der Waals surface area (Å²) in [6, 6.07) is 0.567. The van der Waals surface area contributed by atoms with Gasteiger partial charge in [0.2, 0.25) is 11.9 Å². The fraction of sp³-hybridized carbons (Fsp3) is 0.667. The van der Waals surface area contributed by atoms with Crippen molar-refractivity contribution in [2.45, 2.75) is 31.7 Å². The predicted molar refractivity (Wildman–Crippen MR) is 58.1 cm³/mol. The smallest absolute Gasteiger partial charge is 0.225 e. The van der Waals surface area contributed by atoms with E-state index in [0.717, 1.165) is 19.4 Å². The van der Waals surface area contributed by atoms with Gasteiger partial charge < -0.3 is 16.8 Å². The molecule has 2 heterocycles. The van der Waals surface area contributed by atoms with Crippen molar-refractivity contribution in [2.75, 3.05) is 18.0 Å². The van der Waals surface area contributed by atoms with Crippen molar-refractivity contribution < 1.29 is 0 Å². The molecule has 0 radical (unpaired) electrons. The average Bonchev–Trinajstić information content (AvgIpc) is 2.17. The maximum Gasteiger partial charge on any atom is 0.225 e. The van der Waals surface area contributed by atoms with Gasteiger partial charge in [0.05, 0.1) is 0 Å². The molecule has 5 N–H and O–H groups in total. The van der Waals surface area contributed by atoms with Crippen molar-refractivity contribution in [1.82, 2.24) is 20.3 Å². The van der Waals surface area contributed by atoms with E-state index in [9.17, 15) is 0 Å². The van der Waals surface area contributed by atoms with E-state index >= 15 is 0 Å². The van der Waals surface area contributed by atoms with Crippen molar-refractivity contribution in [3.63, 3.8) is 0 Å². The second-order valence-corrected chi connectivity index (χ2v) is 3.99. The first-order valence-electron chi connectivity index (χ1n) is 5.15. The third-order valence-electron chi connectivity index (χ3n) is 2.71. The van der Waals surface area contributed by atoms with Gasteiger partial charge in [0.15, 0.2) is 0 Å².